The molecule has 0 bridgehead atoms. The van der Waals surface area contributed by atoms with E-state index in [1.807, 2.05) is 13.8 Å². The molecule has 0 aliphatic heterocycles. The molecule has 2 amide bonds. The molecule has 0 saturated carbocycles. The van der Waals surface area contributed by atoms with E-state index in [0.29, 0.717) is 12.5 Å². The van der Waals surface area contributed by atoms with E-state index in [9.17, 15) is 14.4 Å². The Hall–Kier alpha value is -2.44. The smallest absolute Gasteiger partial charge is 0.354 e. The molecule has 1 aromatic rings. The average molecular weight is 293 g/mol. The summed E-state index contributed by atoms with van der Waals surface area (Å²) in [5.74, 6) is -1.29. The first-order valence-corrected chi connectivity index (χ1v) is 6.64. The normalized spacial score (nSPS) is 10.2. The van der Waals surface area contributed by atoms with Crippen molar-refractivity contribution in [2.75, 3.05) is 13.1 Å². The van der Waals surface area contributed by atoms with Crippen molar-refractivity contribution in [2.24, 2.45) is 5.92 Å². The molecule has 0 atom stereocenters. The minimum absolute atomic E-state index is 0.122. The maximum Gasteiger partial charge on any atom is 0.354 e. The molecule has 1 aromatic heterocycles. The fourth-order valence-corrected chi connectivity index (χ4v) is 1.45. The third-order valence-electron chi connectivity index (χ3n) is 2.59. The van der Waals surface area contributed by atoms with Crippen LogP contribution in [0, 0.1) is 5.92 Å². The average Bonchev–Trinajstić information content (AvgIpc) is 2.45. The van der Waals surface area contributed by atoms with Gasteiger partial charge in [-0.3, -0.25) is 9.59 Å². The first kappa shape index (κ1) is 16.6. The van der Waals surface area contributed by atoms with Gasteiger partial charge in [0, 0.05) is 25.7 Å². The summed E-state index contributed by atoms with van der Waals surface area (Å²) in [5, 5.41) is 14.0. The summed E-state index contributed by atoms with van der Waals surface area (Å²) in [6.07, 6.45) is 1.39. The molecule has 0 unspecified atom stereocenters. The molecule has 1 rings (SSSR count). The number of pyridine rings is 1. The number of rotatable bonds is 7. The first-order chi connectivity index (χ1) is 9.90. The van der Waals surface area contributed by atoms with Crippen LogP contribution in [0.2, 0.25) is 0 Å². The maximum absolute atomic E-state index is 11.7. The van der Waals surface area contributed by atoms with E-state index in [1.54, 1.807) is 0 Å². The SMILES string of the molecule is CC(C)CNC(=O)CCNC(=O)c1ccc(C(=O)O)nc1. The molecule has 7 heteroatoms. The lowest BCUT2D eigenvalue weighted by atomic mass is 10.2. The molecule has 21 heavy (non-hydrogen) atoms. The minimum Gasteiger partial charge on any atom is -0.477 e. The number of hydrogen-bond donors (Lipinski definition) is 3. The standard InChI is InChI=1S/C14H19N3O4/c1-9(2)7-17-12(18)5-6-15-13(19)10-3-4-11(14(20)21)16-8-10/h3-4,8-9H,5-7H2,1-2H3,(H,15,19)(H,17,18)(H,20,21). The van der Waals surface area contributed by atoms with Gasteiger partial charge in [0.05, 0.1) is 5.56 Å². The Kier molecular flexibility index (Phi) is 6.32. The molecule has 0 aliphatic rings. The van der Waals surface area contributed by atoms with Crippen molar-refractivity contribution < 1.29 is 19.5 Å². The third kappa shape index (κ3) is 6.03. The molecule has 0 radical (unpaired) electrons. The van der Waals surface area contributed by atoms with Gasteiger partial charge in [0.2, 0.25) is 5.91 Å². The quantitative estimate of drug-likeness (QED) is 0.684. The van der Waals surface area contributed by atoms with Gasteiger partial charge in [-0.15, -0.1) is 0 Å². The van der Waals surface area contributed by atoms with Gasteiger partial charge in [-0.1, -0.05) is 13.8 Å². The summed E-state index contributed by atoms with van der Waals surface area (Å²) < 4.78 is 0. The van der Waals surface area contributed by atoms with Crippen LogP contribution in [0.5, 0.6) is 0 Å². The monoisotopic (exact) mass is 293 g/mol. The molecule has 3 N–H and O–H groups in total. The third-order valence-corrected chi connectivity index (χ3v) is 2.59. The van der Waals surface area contributed by atoms with Gasteiger partial charge in [0.1, 0.15) is 5.69 Å². The van der Waals surface area contributed by atoms with E-state index in [-0.39, 0.29) is 30.1 Å². The molecule has 0 aliphatic carbocycles. The molecule has 1 heterocycles. The number of nitrogens with zero attached hydrogens (tertiary/aromatic N) is 1. The highest BCUT2D eigenvalue weighted by Gasteiger charge is 2.09. The van der Waals surface area contributed by atoms with Gasteiger partial charge in [-0.25, -0.2) is 9.78 Å². The first-order valence-electron chi connectivity index (χ1n) is 6.64. The highest BCUT2D eigenvalue weighted by molar-refractivity contribution is 5.95. The van der Waals surface area contributed by atoms with Gasteiger partial charge < -0.3 is 15.7 Å². The summed E-state index contributed by atoms with van der Waals surface area (Å²) in [4.78, 5) is 37.5. The number of carboxylic acids is 1. The predicted molar refractivity (Wildman–Crippen MR) is 76.0 cm³/mol. The van der Waals surface area contributed by atoms with Crippen LogP contribution in [-0.4, -0.2) is 41.0 Å². The molecule has 0 spiro atoms. The molecule has 7 nitrogen and oxygen atoms in total. The van der Waals surface area contributed by atoms with E-state index in [2.05, 4.69) is 15.6 Å². The molecule has 0 fully saturated rings. The van der Waals surface area contributed by atoms with E-state index in [1.165, 1.54) is 18.3 Å². The van der Waals surface area contributed by atoms with Crippen LogP contribution in [0.25, 0.3) is 0 Å². The van der Waals surface area contributed by atoms with Crippen LogP contribution in [0.15, 0.2) is 18.3 Å². The predicted octanol–water partition coefficient (Wildman–Crippen LogP) is 0.672. The zero-order valence-electron chi connectivity index (χ0n) is 12.0. The van der Waals surface area contributed by atoms with Gasteiger partial charge in [0.25, 0.3) is 5.91 Å². The van der Waals surface area contributed by atoms with E-state index in [0.717, 1.165) is 0 Å². The van der Waals surface area contributed by atoms with Gasteiger partial charge in [-0.05, 0) is 18.1 Å². The van der Waals surface area contributed by atoms with Crippen LogP contribution in [0.1, 0.15) is 41.1 Å². The fraction of sp³-hybridized carbons (Fsp3) is 0.429. The highest BCUT2D eigenvalue weighted by atomic mass is 16.4. The van der Waals surface area contributed by atoms with Crippen molar-refractivity contribution >= 4 is 17.8 Å². The Morgan fingerprint density at radius 1 is 1.24 bits per heavy atom. The highest BCUT2D eigenvalue weighted by Crippen LogP contribution is 2.00. The Balaban J connectivity index is 2.37. The number of hydrogen-bond acceptors (Lipinski definition) is 4. The van der Waals surface area contributed by atoms with Gasteiger partial charge in [0.15, 0.2) is 0 Å². The van der Waals surface area contributed by atoms with Gasteiger partial charge in [-0.2, -0.15) is 0 Å². The number of aromatic nitrogens is 1. The van der Waals surface area contributed by atoms with Gasteiger partial charge >= 0.3 is 5.97 Å². The summed E-state index contributed by atoms with van der Waals surface area (Å²) in [6, 6.07) is 2.64. The summed E-state index contributed by atoms with van der Waals surface area (Å²) in [7, 11) is 0. The summed E-state index contributed by atoms with van der Waals surface area (Å²) >= 11 is 0. The summed E-state index contributed by atoms with van der Waals surface area (Å²) in [5.41, 5.74) is 0.127. The number of aromatic carboxylic acids is 1. The van der Waals surface area contributed by atoms with Crippen molar-refractivity contribution in [1.29, 1.82) is 0 Å². The Bertz CT molecular complexity index is 511. The van der Waals surface area contributed by atoms with E-state index < -0.39 is 11.9 Å². The molecule has 0 saturated heterocycles. The van der Waals surface area contributed by atoms with Crippen LogP contribution in [0.4, 0.5) is 0 Å². The molecule has 0 aromatic carbocycles. The maximum atomic E-state index is 11.7. The lowest BCUT2D eigenvalue weighted by Gasteiger charge is -2.08. The Labute approximate surface area is 122 Å². The zero-order chi connectivity index (χ0) is 15.8. The largest absolute Gasteiger partial charge is 0.477 e. The lowest BCUT2D eigenvalue weighted by Crippen LogP contribution is -2.32. The van der Waals surface area contributed by atoms with Crippen molar-refractivity contribution in [3.63, 3.8) is 0 Å². The van der Waals surface area contributed by atoms with E-state index in [4.69, 9.17) is 5.11 Å². The lowest BCUT2D eigenvalue weighted by molar-refractivity contribution is -0.121. The second-order valence-corrected chi connectivity index (χ2v) is 4.94. The number of amides is 2. The van der Waals surface area contributed by atoms with Crippen LogP contribution in [-0.2, 0) is 4.79 Å². The second-order valence-electron chi connectivity index (χ2n) is 4.94. The van der Waals surface area contributed by atoms with Crippen LogP contribution >= 0.6 is 0 Å². The number of carbonyl (C=O) groups excluding carboxylic acids is 2. The number of carbonyl (C=O) groups is 3. The summed E-state index contributed by atoms with van der Waals surface area (Å²) in [6.45, 7) is 4.81. The van der Waals surface area contributed by atoms with Crippen LogP contribution < -0.4 is 10.6 Å². The van der Waals surface area contributed by atoms with Crippen LogP contribution in [0.3, 0.4) is 0 Å². The topological polar surface area (TPSA) is 108 Å². The Morgan fingerprint density at radius 2 is 1.95 bits per heavy atom. The number of nitrogens with one attached hydrogen (secondary N) is 2. The Morgan fingerprint density at radius 3 is 2.48 bits per heavy atom. The number of carboxylic acid groups (broad SMARTS) is 1. The van der Waals surface area contributed by atoms with E-state index >= 15 is 0 Å². The van der Waals surface area contributed by atoms with Crippen molar-refractivity contribution in [2.45, 2.75) is 20.3 Å². The second kappa shape index (κ2) is 7.98. The zero-order valence-corrected chi connectivity index (χ0v) is 12.0. The fourth-order valence-electron chi connectivity index (χ4n) is 1.45. The molecular weight excluding hydrogens is 274 g/mol. The molecule has 114 valence electrons. The molecular formula is C14H19N3O4. The van der Waals surface area contributed by atoms with Crippen molar-refractivity contribution in [3.8, 4) is 0 Å². The minimum atomic E-state index is -1.15. The van der Waals surface area contributed by atoms with Crippen molar-refractivity contribution in [3.05, 3.63) is 29.6 Å². The van der Waals surface area contributed by atoms with Crippen molar-refractivity contribution in [1.82, 2.24) is 15.6 Å².